The third kappa shape index (κ3) is 5.50. The molecule has 1 fully saturated rings. The molecule has 4 amide bonds. The van der Waals surface area contributed by atoms with Gasteiger partial charge in [-0.25, -0.2) is 4.79 Å². The molecule has 0 saturated carbocycles. The predicted octanol–water partition coefficient (Wildman–Crippen LogP) is 3.56. The molecule has 2 aromatic rings. The highest BCUT2D eigenvalue weighted by atomic mass is 16.5. The highest BCUT2D eigenvalue weighted by molar-refractivity contribution is 6.05. The molecule has 2 heterocycles. The highest BCUT2D eigenvalue weighted by Crippen LogP contribution is 2.32. The van der Waals surface area contributed by atoms with E-state index in [1.165, 1.54) is 4.90 Å². The number of anilines is 2. The van der Waals surface area contributed by atoms with E-state index >= 15 is 0 Å². The molecule has 1 saturated heterocycles. The average Bonchev–Trinajstić information content (AvgIpc) is 2.91. The van der Waals surface area contributed by atoms with Crippen molar-refractivity contribution in [3.8, 4) is 5.75 Å². The lowest BCUT2D eigenvalue weighted by atomic mass is 9.84. The van der Waals surface area contributed by atoms with Gasteiger partial charge < -0.3 is 20.3 Å². The summed E-state index contributed by atoms with van der Waals surface area (Å²) in [7, 11) is 0. The number of ether oxygens (including phenoxy) is 1. The molecule has 180 valence electrons. The number of piperidine rings is 1. The number of benzene rings is 2. The molecular formula is C26H32N4O4. The number of hydrogen-bond donors (Lipinski definition) is 2. The van der Waals surface area contributed by atoms with E-state index < -0.39 is 12.1 Å². The van der Waals surface area contributed by atoms with Crippen molar-refractivity contribution in [3.63, 3.8) is 0 Å². The van der Waals surface area contributed by atoms with E-state index in [2.05, 4.69) is 24.5 Å². The molecule has 8 nitrogen and oxygen atoms in total. The third-order valence-electron chi connectivity index (χ3n) is 6.25. The Kier molecular flexibility index (Phi) is 6.77. The number of aryl methyl sites for hydroxylation is 1. The Labute approximate surface area is 200 Å². The largest absolute Gasteiger partial charge is 0.489 e. The molecule has 0 radical (unpaired) electrons. The van der Waals surface area contributed by atoms with E-state index in [9.17, 15) is 14.4 Å². The molecule has 4 rings (SSSR count). The van der Waals surface area contributed by atoms with E-state index in [-0.39, 0.29) is 30.4 Å². The smallest absolute Gasteiger partial charge is 0.320 e. The van der Waals surface area contributed by atoms with Crippen LogP contribution in [0.15, 0.2) is 48.5 Å². The first-order valence-corrected chi connectivity index (χ1v) is 11.7. The SMILES string of the molecule is Cc1cccc(NC(=O)N[C@@H]2COc3ccccc3N(CC(=O)N3CCCC(C)(C)C3)C2=O)c1. The van der Waals surface area contributed by atoms with E-state index in [0.29, 0.717) is 30.2 Å². The van der Waals surface area contributed by atoms with Crippen molar-refractivity contribution >= 4 is 29.2 Å². The van der Waals surface area contributed by atoms with Gasteiger partial charge in [-0.2, -0.15) is 0 Å². The molecule has 34 heavy (non-hydrogen) atoms. The van der Waals surface area contributed by atoms with Crippen molar-refractivity contribution in [1.82, 2.24) is 10.2 Å². The molecule has 0 bridgehead atoms. The van der Waals surface area contributed by atoms with E-state index in [1.807, 2.05) is 36.1 Å². The second kappa shape index (κ2) is 9.75. The minimum absolute atomic E-state index is 0.0292. The molecular weight excluding hydrogens is 432 g/mol. The van der Waals surface area contributed by atoms with Gasteiger partial charge in [0, 0.05) is 18.8 Å². The van der Waals surface area contributed by atoms with Crippen molar-refractivity contribution in [3.05, 3.63) is 54.1 Å². The number of likely N-dealkylation sites (tertiary alicyclic amines) is 1. The maximum Gasteiger partial charge on any atom is 0.320 e. The van der Waals surface area contributed by atoms with Gasteiger partial charge in [0.05, 0.1) is 5.69 Å². The lowest BCUT2D eigenvalue weighted by Crippen LogP contribution is -2.54. The number of carbonyl (C=O) groups is 3. The van der Waals surface area contributed by atoms with Crippen LogP contribution in [-0.2, 0) is 9.59 Å². The zero-order valence-electron chi connectivity index (χ0n) is 20.0. The molecule has 2 aliphatic heterocycles. The summed E-state index contributed by atoms with van der Waals surface area (Å²) in [5.41, 5.74) is 2.21. The topological polar surface area (TPSA) is 91.0 Å². The van der Waals surface area contributed by atoms with Crippen LogP contribution in [0.4, 0.5) is 16.2 Å². The van der Waals surface area contributed by atoms with Gasteiger partial charge in [-0.15, -0.1) is 0 Å². The second-order valence-electron chi connectivity index (χ2n) is 9.81. The van der Waals surface area contributed by atoms with Gasteiger partial charge in [0.25, 0.3) is 5.91 Å². The lowest BCUT2D eigenvalue weighted by Gasteiger charge is -2.39. The van der Waals surface area contributed by atoms with Crippen LogP contribution in [0, 0.1) is 12.3 Å². The van der Waals surface area contributed by atoms with Crippen LogP contribution in [-0.4, -0.2) is 55.0 Å². The summed E-state index contributed by atoms with van der Waals surface area (Å²) in [4.78, 5) is 42.7. The van der Waals surface area contributed by atoms with Crippen LogP contribution in [0.25, 0.3) is 0 Å². The van der Waals surface area contributed by atoms with Gasteiger partial charge >= 0.3 is 6.03 Å². The Bertz CT molecular complexity index is 1080. The first kappa shape index (κ1) is 23.6. The number of nitrogens with zero attached hydrogens (tertiary/aromatic N) is 2. The molecule has 2 aliphatic rings. The minimum Gasteiger partial charge on any atom is -0.489 e. The summed E-state index contributed by atoms with van der Waals surface area (Å²) >= 11 is 0. The summed E-state index contributed by atoms with van der Waals surface area (Å²) in [6, 6.07) is 13.1. The fourth-order valence-corrected chi connectivity index (χ4v) is 4.54. The van der Waals surface area contributed by atoms with E-state index in [1.54, 1.807) is 24.3 Å². The Hall–Kier alpha value is -3.55. The molecule has 2 aromatic carbocycles. The Morgan fingerprint density at radius 1 is 1.15 bits per heavy atom. The predicted molar refractivity (Wildman–Crippen MR) is 131 cm³/mol. The van der Waals surface area contributed by atoms with Crippen LogP contribution < -0.4 is 20.3 Å². The van der Waals surface area contributed by atoms with Gasteiger partial charge in [0.15, 0.2) is 0 Å². The van der Waals surface area contributed by atoms with Gasteiger partial charge in [-0.05, 0) is 55.0 Å². The van der Waals surface area contributed by atoms with Crippen molar-refractivity contribution in [2.24, 2.45) is 5.41 Å². The number of amides is 4. The first-order valence-electron chi connectivity index (χ1n) is 11.7. The number of hydrogen-bond acceptors (Lipinski definition) is 4. The fraction of sp³-hybridized carbons (Fsp3) is 0.423. The van der Waals surface area contributed by atoms with Gasteiger partial charge in [-0.3, -0.25) is 14.5 Å². The Morgan fingerprint density at radius 2 is 1.94 bits per heavy atom. The van der Waals surface area contributed by atoms with Crippen molar-refractivity contribution in [2.45, 2.75) is 39.7 Å². The number of carbonyl (C=O) groups excluding carboxylic acids is 3. The average molecular weight is 465 g/mol. The summed E-state index contributed by atoms with van der Waals surface area (Å²) in [6.07, 6.45) is 2.01. The van der Waals surface area contributed by atoms with Crippen LogP contribution in [0.1, 0.15) is 32.3 Å². The van der Waals surface area contributed by atoms with Crippen molar-refractivity contribution in [1.29, 1.82) is 0 Å². The minimum atomic E-state index is -0.942. The summed E-state index contributed by atoms with van der Waals surface area (Å²) < 4.78 is 5.86. The fourth-order valence-electron chi connectivity index (χ4n) is 4.54. The number of para-hydroxylation sites is 2. The molecule has 0 aromatic heterocycles. The van der Waals surface area contributed by atoms with Crippen LogP contribution in [0.2, 0.25) is 0 Å². The van der Waals surface area contributed by atoms with Gasteiger partial charge in [-0.1, -0.05) is 38.1 Å². The zero-order chi connectivity index (χ0) is 24.3. The van der Waals surface area contributed by atoms with Crippen LogP contribution in [0.5, 0.6) is 5.75 Å². The maximum absolute atomic E-state index is 13.5. The zero-order valence-corrected chi connectivity index (χ0v) is 20.0. The Morgan fingerprint density at radius 3 is 2.71 bits per heavy atom. The molecule has 0 spiro atoms. The van der Waals surface area contributed by atoms with Crippen molar-refractivity contribution < 1.29 is 19.1 Å². The standard InChI is InChI=1S/C26H32N4O4/c1-18-8-6-9-19(14-18)27-25(33)28-20-16-34-22-11-5-4-10-21(22)30(24(20)32)15-23(31)29-13-7-12-26(2,3)17-29/h4-6,8-11,14,20H,7,12-13,15-17H2,1-3H3,(H2,27,28,33)/t20-/m1/s1. The highest BCUT2D eigenvalue weighted by Gasteiger charge is 2.36. The van der Waals surface area contributed by atoms with Gasteiger partial charge in [0.1, 0.15) is 24.9 Å². The number of urea groups is 1. The number of rotatable bonds is 4. The monoisotopic (exact) mass is 464 g/mol. The molecule has 2 N–H and O–H groups in total. The second-order valence-corrected chi connectivity index (χ2v) is 9.81. The molecule has 0 aliphatic carbocycles. The quantitative estimate of drug-likeness (QED) is 0.724. The molecule has 0 unspecified atom stereocenters. The summed E-state index contributed by atoms with van der Waals surface area (Å²) in [6.45, 7) is 7.45. The Balaban J connectivity index is 1.51. The molecule has 8 heteroatoms. The maximum atomic E-state index is 13.5. The molecule has 1 atom stereocenters. The van der Waals surface area contributed by atoms with Crippen LogP contribution >= 0.6 is 0 Å². The number of fused-ring (bicyclic) bond motifs is 1. The first-order chi connectivity index (χ1) is 16.2. The van der Waals surface area contributed by atoms with Gasteiger partial charge in [0.2, 0.25) is 5.91 Å². The van der Waals surface area contributed by atoms with Crippen molar-refractivity contribution in [2.75, 3.05) is 36.5 Å². The number of nitrogens with one attached hydrogen (secondary N) is 2. The van der Waals surface area contributed by atoms with E-state index in [0.717, 1.165) is 18.4 Å². The summed E-state index contributed by atoms with van der Waals surface area (Å²) in [5.74, 6) is 0.0146. The summed E-state index contributed by atoms with van der Waals surface area (Å²) in [5, 5.41) is 5.47. The normalized spacial score (nSPS) is 19.5. The third-order valence-corrected chi connectivity index (χ3v) is 6.25. The van der Waals surface area contributed by atoms with E-state index in [4.69, 9.17) is 4.74 Å². The lowest BCUT2D eigenvalue weighted by molar-refractivity contribution is -0.134. The van der Waals surface area contributed by atoms with Crippen LogP contribution in [0.3, 0.4) is 0 Å².